The van der Waals surface area contributed by atoms with Crippen LogP contribution in [-0.4, -0.2) is 39.1 Å². The van der Waals surface area contributed by atoms with Gasteiger partial charge in [0, 0.05) is 17.1 Å². The summed E-state index contributed by atoms with van der Waals surface area (Å²) in [6.45, 7) is 0.856. The lowest BCUT2D eigenvalue weighted by Gasteiger charge is -2.14. The molecule has 0 radical (unpaired) electrons. The Morgan fingerprint density at radius 1 is 1.00 bits per heavy atom. The molecular weight excluding hydrogens is 390 g/mol. The third-order valence-corrected chi connectivity index (χ3v) is 4.89. The molecule has 4 rings (SSSR count). The van der Waals surface area contributed by atoms with Gasteiger partial charge in [-0.25, -0.2) is 4.52 Å². The molecule has 0 unspecified atom stereocenters. The Kier molecular flexibility index (Phi) is 5.76. The van der Waals surface area contributed by atoms with Gasteiger partial charge in [0.15, 0.2) is 0 Å². The second-order valence-corrected chi connectivity index (χ2v) is 6.98. The van der Waals surface area contributed by atoms with Crippen molar-refractivity contribution in [3.8, 4) is 22.5 Å². The summed E-state index contributed by atoms with van der Waals surface area (Å²) in [6.07, 6.45) is 1.85. The van der Waals surface area contributed by atoms with E-state index in [2.05, 4.69) is 5.10 Å². The van der Waals surface area contributed by atoms with Crippen molar-refractivity contribution in [2.24, 2.45) is 0 Å². The summed E-state index contributed by atoms with van der Waals surface area (Å²) in [7, 11) is 0. The highest BCUT2D eigenvalue weighted by molar-refractivity contribution is 6.30. The van der Waals surface area contributed by atoms with Crippen LogP contribution in [0.3, 0.4) is 0 Å². The van der Waals surface area contributed by atoms with E-state index in [1.807, 2.05) is 48.7 Å². The van der Waals surface area contributed by atoms with E-state index < -0.39 is 0 Å². The first-order valence-electron chi connectivity index (χ1n) is 9.30. The highest BCUT2D eigenvalue weighted by Crippen LogP contribution is 2.23. The van der Waals surface area contributed by atoms with Crippen molar-refractivity contribution in [1.82, 2.24) is 14.2 Å². The third kappa shape index (κ3) is 4.10. The smallest absolute Gasteiger partial charge is 0.277 e. The van der Waals surface area contributed by atoms with Crippen LogP contribution < -0.4 is 5.56 Å². The Hall–Kier alpha value is -2.93. The van der Waals surface area contributed by atoms with Gasteiger partial charge < -0.3 is 14.4 Å². The van der Waals surface area contributed by atoms with Crippen LogP contribution in [0.1, 0.15) is 0 Å². The zero-order valence-electron chi connectivity index (χ0n) is 15.7. The van der Waals surface area contributed by atoms with Gasteiger partial charge in [-0.15, -0.1) is 0 Å². The minimum atomic E-state index is -0.153. The Morgan fingerprint density at radius 2 is 1.76 bits per heavy atom. The molecule has 4 aromatic rings. The van der Waals surface area contributed by atoms with E-state index in [9.17, 15) is 4.79 Å². The van der Waals surface area contributed by atoms with Crippen molar-refractivity contribution in [1.29, 1.82) is 0 Å². The maximum Gasteiger partial charge on any atom is 0.277 e. The molecule has 6 nitrogen and oxygen atoms in total. The zero-order valence-corrected chi connectivity index (χ0v) is 16.4. The van der Waals surface area contributed by atoms with Crippen LogP contribution in [0.25, 0.3) is 28.0 Å². The molecule has 0 atom stereocenters. The van der Waals surface area contributed by atoms with Gasteiger partial charge in [0.1, 0.15) is 5.52 Å². The van der Waals surface area contributed by atoms with E-state index >= 15 is 0 Å². The lowest BCUT2D eigenvalue weighted by Crippen LogP contribution is -2.26. The number of nitrogens with zero attached hydrogens (tertiary/aromatic N) is 3. The highest BCUT2D eigenvalue weighted by Gasteiger charge is 2.14. The predicted octanol–water partition coefficient (Wildman–Crippen LogP) is 3.49. The summed E-state index contributed by atoms with van der Waals surface area (Å²) in [5, 5.41) is 14.1. The van der Waals surface area contributed by atoms with E-state index in [0.717, 1.165) is 22.5 Å². The molecule has 0 saturated carbocycles. The van der Waals surface area contributed by atoms with E-state index in [1.54, 1.807) is 27.3 Å². The number of halogens is 1. The van der Waals surface area contributed by atoms with Crippen molar-refractivity contribution in [3.05, 3.63) is 82.2 Å². The fourth-order valence-corrected chi connectivity index (χ4v) is 3.36. The zero-order chi connectivity index (χ0) is 20.2. The normalized spacial score (nSPS) is 11.2. The Bertz CT molecular complexity index is 1170. The van der Waals surface area contributed by atoms with Crippen molar-refractivity contribution in [3.63, 3.8) is 0 Å². The molecule has 2 heterocycles. The van der Waals surface area contributed by atoms with Gasteiger partial charge in [-0.2, -0.15) is 5.10 Å². The summed E-state index contributed by atoms with van der Waals surface area (Å²) < 4.78 is 8.68. The molecule has 0 saturated heterocycles. The van der Waals surface area contributed by atoms with E-state index in [0.29, 0.717) is 23.7 Å². The van der Waals surface area contributed by atoms with Crippen LogP contribution >= 0.6 is 11.6 Å². The van der Waals surface area contributed by atoms with Crippen LogP contribution in [0.15, 0.2) is 71.7 Å². The average Bonchev–Trinajstić information content (AvgIpc) is 3.18. The number of fused-ring (bicyclic) bond motifs is 1. The van der Waals surface area contributed by atoms with Crippen molar-refractivity contribution >= 4 is 17.1 Å². The number of rotatable bonds is 7. The number of hydrogen-bond acceptors (Lipinski definition) is 4. The van der Waals surface area contributed by atoms with Crippen molar-refractivity contribution in [2.45, 2.75) is 6.54 Å². The molecule has 29 heavy (non-hydrogen) atoms. The van der Waals surface area contributed by atoms with E-state index in [4.69, 9.17) is 21.4 Å². The monoisotopic (exact) mass is 409 g/mol. The van der Waals surface area contributed by atoms with Gasteiger partial charge in [-0.05, 0) is 23.8 Å². The Labute approximate surface area is 172 Å². The number of aliphatic hydroxyl groups excluding tert-OH is 1. The molecule has 0 fully saturated rings. The van der Waals surface area contributed by atoms with Gasteiger partial charge in [-0.3, -0.25) is 4.79 Å². The van der Waals surface area contributed by atoms with Crippen LogP contribution in [0.4, 0.5) is 0 Å². The van der Waals surface area contributed by atoms with Crippen LogP contribution in [0, 0.1) is 0 Å². The molecule has 148 valence electrons. The van der Waals surface area contributed by atoms with Crippen molar-refractivity contribution < 1.29 is 9.84 Å². The van der Waals surface area contributed by atoms with Crippen molar-refractivity contribution in [2.75, 3.05) is 19.8 Å². The largest absolute Gasteiger partial charge is 0.394 e. The van der Waals surface area contributed by atoms with E-state index in [-0.39, 0.29) is 18.8 Å². The summed E-state index contributed by atoms with van der Waals surface area (Å²) in [4.78, 5) is 13.3. The molecule has 0 amide bonds. The number of hydrogen-bond donors (Lipinski definition) is 1. The molecule has 0 aliphatic carbocycles. The fourth-order valence-electron chi connectivity index (χ4n) is 3.23. The second kappa shape index (κ2) is 8.61. The fraction of sp³-hybridized carbons (Fsp3) is 0.182. The quantitative estimate of drug-likeness (QED) is 0.474. The van der Waals surface area contributed by atoms with Gasteiger partial charge in [0.25, 0.3) is 5.56 Å². The third-order valence-electron chi connectivity index (χ3n) is 4.64. The maximum absolute atomic E-state index is 13.3. The standard InChI is InChI=1S/C22H20ClN3O3/c23-18-8-6-17(7-9-18)21-15-26-20(22(28)25(21)10-12-29-13-11-27)14-19(24-26)16-4-2-1-3-5-16/h1-9,14-15,27H,10-13H2. The summed E-state index contributed by atoms with van der Waals surface area (Å²) in [6, 6.07) is 18.9. The number of ether oxygens (including phenoxy) is 1. The minimum absolute atomic E-state index is 0.0545. The Morgan fingerprint density at radius 3 is 2.48 bits per heavy atom. The molecule has 2 aromatic carbocycles. The summed E-state index contributed by atoms with van der Waals surface area (Å²) in [5.74, 6) is 0. The van der Waals surface area contributed by atoms with Gasteiger partial charge >= 0.3 is 0 Å². The first kappa shape index (κ1) is 19.4. The van der Waals surface area contributed by atoms with E-state index in [1.165, 1.54) is 0 Å². The van der Waals surface area contributed by atoms with Gasteiger partial charge in [-0.1, -0.05) is 54.1 Å². The molecule has 2 aromatic heterocycles. The first-order valence-corrected chi connectivity index (χ1v) is 9.68. The molecule has 0 aliphatic rings. The molecule has 0 aliphatic heterocycles. The van der Waals surface area contributed by atoms with Crippen LogP contribution in [-0.2, 0) is 11.3 Å². The lowest BCUT2D eigenvalue weighted by molar-refractivity contribution is 0.0868. The topological polar surface area (TPSA) is 68.8 Å². The molecule has 0 bridgehead atoms. The summed E-state index contributed by atoms with van der Waals surface area (Å²) >= 11 is 6.03. The second-order valence-electron chi connectivity index (χ2n) is 6.54. The highest BCUT2D eigenvalue weighted by atomic mass is 35.5. The molecular formula is C22H20ClN3O3. The summed E-state index contributed by atoms with van der Waals surface area (Å²) in [5.41, 5.74) is 3.59. The number of benzene rings is 2. The number of aromatic nitrogens is 3. The van der Waals surface area contributed by atoms with Gasteiger partial charge in [0.2, 0.25) is 0 Å². The van der Waals surface area contributed by atoms with Crippen LogP contribution in [0.5, 0.6) is 0 Å². The van der Waals surface area contributed by atoms with Crippen LogP contribution in [0.2, 0.25) is 5.02 Å². The first-order chi connectivity index (χ1) is 14.2. The molecule has 7 heteroatoms. The van der Waals surface area contributed by atoms with Gasteiger partial charge in [0.05, 0.1) is 37.4 Å². The predicted molar refractivity (Wildman–Crippen MR) is 113 cm³/mol. The SMILES string of the molecule is O=c1c2cc(-c3ccccc3)nn2cc(-c2ccc(Cl)cc2)n1CCOCCO. The molecule has 0 spiro atoms. The maximum atomic E-state index is 13.3. The lowest BCUT2D eigenvalue weighted by atomic mass is 10.1. The number of aliphatic hydroxyl groups is 1. The minimum Gasteiger partial charge on any atom is -0.394 e. The average molecular weight is 410 g/mol. The molecule has 1 N–H and O–H groups in total. The Balaban J connectivity index is 1.84.